The highest BCUT2D eigenvalue weighted by molar-refractivity contribution is 7.15. The number of ether oxygens (including phenoxy) is 1. The highest BCUT2D eigenvalue weighted by atomic mass is 32.1. The number of ketones is 1. The van der Waals surface area contributed by atoms with Crippen LogP contribution in [0.1, 0.15) is 18.5 Å². The van der Waals surface area contributed by atoms with E-state index in [9.17, 15) is 4.79 Å². The van der Waals surface area contributed by atoms with Gasteiger partial charge in [-0.2, -0.15) is 0 Å². The molecule has 0 unspecified atom stereocenters. The van der Waals surface area contributed by atoms with E-state index in [1.54, 1.807) is 11.3 Å². The van der Waals surface area contributed by atoms with Crippen molar-refractivity contribution in [2.45, 2.75) is 19.3 Å². The summed E-state index contributed by atoms with van der Waals surface area (Å²) >= 11 is 1.57. The summed E-state index contributed by atoms with van der Waals surface area (Å²) in [6.45, 7) is 1.65. The fourth-order valence-electron chi connectivity index (χ4n) is 2.57. The summed E-state index contributed by atoms with van der Waals surface area (Å²) < 4.78 is 7.29. The number of nitrogens with two attached hydrogens (primary N) is 1. The van der Waals surface area contributed by atoms with E-state index in [0.29, 0.717) is 26.2 Å². The smallest absolute Gasteiger partial charge is 0.193 e. The van der Waals surface area contributed by atoms with Crippen LogP contribution in [0, 0.1) is 5.41 Å². The maximum absolute atomic E-state index is 12.5. The van der Waals surface area contributed by atoms with Gasteiger partial charge in [0.05, 0.1) is 12.1 Å². The average Bonchev–Trinajstić information content (AvgIpc) is 3.00. The standard InChI is InChI=1S/C13H17N3O2S/c14-9-13(1-4-18-5-2-13)11(17)7-10-8-16-3-6-19-12(16)15-10/h3,6,8H,1-2,4-5,7,9,14H2. The van der Waals surface area contributed by atoms with E-state index in [1.165, 1.54) is 0 Å². The van der Waals surface area contributed by atoms with Gasteiger partial charge in [-0.1, -0.05) is 0 Å². The molecule has 3 heterocycles. The molecule has 0 saturated carbocycles. The lowest BCUT2D eigenvalue weighted by Gasteiger charge is -2.34. The van der Waals surface area contributed by atoms with Crippen molar-refractivity contribution >= 4 is 22.1 Å². The van der Waals surface area contributed by atoms with Crippen molar-refractivity contribution in [3.8, 4) is 0 Å². The SMILES string of the molecule is NCC1(C(=O)Cc2cn3ccsc3n2)CCOCC1. The molecule has 1 fully saturated rings. The summed E-state index contributed by atoms with van der Waals surface area (Å²) in [5.41, 5.74) is 6.27. The van der Waals surface area contributed by atoms with Crippen molar-refractivity contribution in [2.24, 2.45) is 11.1 Å². The Hall–Kier alpha value is -1.24. The molecule has 0 aromatic carbocycles. The first kappa shape index (κ1) is 12.8. The molecule has 0 spiro atoms. The van der Waals surface area contributed by atoms with Crippen molar-refractivity contribution in [1.82, 2.24) is 9.38 Å². The Bertz CT molecular complexity index is 555. The van der Waals surface area contributed by atoms with Gasteiger partial charge in [-0.15, -0.1) is 11.3 Å². The Morgan fingerprint density at radius 1 is 1.53 bits per heavy atom. The summed E-state index contributed by atoms with van der Waals surface area (Å²) in [6, 6.07) is 0. The average molecular weight is 279 g/mol. The topological polar surface area (TPSA) is 69.6 Å². The Morgan fingerprint density at radius 3 is 3.00 bits per heavy atom. The molecule has 0 radical (unpaired) electrons. The zero-order valence-corrected chi connectivity index (χ0v) is 11.5. The van der Waals surface area contributed by atoms with Crippen LogP contribution >= 0.6 is 11.3 Å². The van der Waals surface area contributed by atoms with Crippen molar-refractivity contribution in [2.75, 3.05) is 19.8 Å². The molecule has 1 aliphatic heterocycles. The third-order valence-electron chi connectivity index (χ3n) is 3.92. The van der Waals surface area contributed by atoms with Crippen molar-refractivity contribution < 1.29 is 9.53 Å². The largest absolute Gasteiger partial charge is 0.381 e. The van der Waals surface area contributed by atoms with Crippen LogP contribution in [-0.4, -0.2) is 34.9 Å². The van der Waals surface area contributed by atoms with Crippen LogP contribution in [0.5, 0.6) is 0 Å². The lowest BCUT2D eigenvalue weighted by atomic mass is 9.75. The minimum atomic E-state index is -0.407. The summed E-state index contributed by atoms with van der Waals surface area (Å²) in [7, 11) is 0. The molecule has 3 rings (SSSR count). The van der Waals surface area contributed by atoms with Crippen LogP contribution in [0.3, 0.4) is 0 Å². The van der Waals surface area contributed by atoms with Gasteiger partial charge in [-0.3, -0.25) is 9.20 Å². The third-order valence-corrected chi connectivity index (χ3v) is 4.69. The third kappa shape index (κ3) is 2.31. The lowest BCUT2D eigenvalue weighted by Crippen LogP contribution is -2.44. The van der Waals surface area contributed by atoms with Crippen molar-refractivity contribution in [3.63, 3.8) is 0 Å². The number of imidazole rings is 1. The van der Waals surface area contributed by atoms with Crippen LogP contribution in [0.25, 0.3) is 4.96 Å². The molecule has 19 heavy (non-hydrogen) atoms. The van der Waals surface area contributed by atoms with E-state index < -0.39 is 5.41 Å². The van der Waals surface area contributed by atoms with Gasteiger partial charge in [0.1, 0.15) is 5.78 Å². The maximum atomic E-state index is 12.5. The van der Waals surface area contributed by atoms with Crippen LogP contribution < -0.4 is 5.73 Å². The number of rotatable bonds is 4. The molecule has 0 aliphatic carbocycles. The first-order valence-electron chi connectivity index (χ1n) is 6.46. The van der Waals surface area contributed by atoms with Gasteiger partial charge in [-0.05, 0) is 12.8 Å². The van der Waals surface area contributed by atoms with E-state index in [4.69, 9.17) is 10.5 Å². The molecule has 2 aromatic heterocycles. The molecule has 102 valence electrons. The summed E-state index contributed by atoms with van der Waals surface area (Å²) in [5.74, 6) is 0.198. The zero-order chi connectivity index (χ0) is 13.3. The Balaban J connectivity index is 1.77. The van der Waals surface area contributed by atoms with Gasteiger partial charge in [0.15, 0.2) is 4.96 Å². The minimum Gasteiger partial charge on any atom is -0.381 e. The predicted molar refractivity (Wildman–Crippen MR) is 73.3 cm³/mol. The lowest BCUT2D eigenvalue weighted by molar-refractivity contribution is -0.132. The number of Topliss-reactive ketones (excluding diaryl/α,β-unsaturated/α-hetero) is 1. The molecular formula is C13H17N3O2S. The number of carbonyl (C=O) groups is 1. The van der Waals surface area contributed by atoms with Crippen molar-refractivity contribution in [3.05, 3.63) is 23.5 Å². The second-order valence-corrected chi connectivity index (χ2v) is 5.89. The first-order chi connectivity index (χ1) is 9.23. The molecule has 0 amide bonds. The number of thiazole rings is 1. The number of nitrogens with zero attached hydrogens (tertiary/aromatic N) is 2. The second kappa shape index (κ2) is 5.03. The Labute approximate surface area is 115 Å². The number of fused-ring (bicyclic) bond motifs is 1. The molecular weight excluding hydrogens is 262 g/mol. The molecule has 2 aromatic rings. The Morgan fingerprint density at radius 2 is 2.32 bits per heavy atom. The van der Waals surface area contributed by atoms with E-state index in [-0.39, 0.29) is 5.78 Å². The zero-order valence-electron chi connectivity index (χ0n) is 10.7. The first-order valence-corrected chi connectivity index (χ1v) is 7.34. The minimum absolute atomic E-state index is 0.198. The van der Waals surface area contributed by atoms with Crippen LogP contribution in [0.4, 0.5) is 0 Å². The molecule has 1 saturated heterocycles. The fraction of sp³-hybridized carbons (Fsp3) is 0.538. The number of aromatic nitrogens is 2. The van der Waals surface area contributed by atoms with Gasteiger partial charge in [-0.25, -0.2) is 4.98 Å². The van der Waals surface area contributed by atoms with Crippen molar-refractivity contribution in [1.29, 1.82) is 0 Å². The van der Waals surface area contributed by atoms with Gasteiger partial charge >= 0.3 is 0 Å². The summed E-state index contributed by atoms with van der Waals surface area (Å²) in [6.07, 6.45) is 5.70. The Kier molecular flexibility index (Phi) is 3.38. The molecule has 2 N–H and O–H groups in total. The molecule has 5 nitrogen and oxygen atoms in total. The van der Waals surface area contributed by atoms with E-state index in [0.717, 1.165) is 23.5 Å². The molecule has 6 heteroatoms. The summed E-state index contributed by atoms with van der Waals surface area (Å²) in [4.78, 5) is 17.9. The predicted octanol–water partition coefficient (Wildman–Crippen LogP) is 1.26. The van der Waals surface area contributed by atoms with Gasteiger partial charge in [0.25, 0.3) is 0 Å². The quantitative estimate of drug-likeness (QED) is 0.915. The highest BCUT2D eigenvalue weighted by Crippen LogP contribution is 2.31. The fourth-order valence-corrected chi connectivity index (χ4v) is 3.29. The highest BCUT2D eigenvalue weighted by Gasteiger charge is 2.38. The number of hydrogen-bond donors (Lipinski definition) is 1. The maximum Gasteiger partial charge on any atom is 0.193 e. The number of hydrogen-bond acceptors (Lipinski definition) is 5. The van der Waals surface area contributed by atoms with E-state index in [2.05, 4.69) is 4.98 Å². The molecule has 1 aliphatic rings. The second-order valence-electron chi connectivity index (χ2n) is 5.02. The van der Waals surface area contributed by atoms with E-state index >= 15 is 0 Å². The monoisotopic (exact) mass is 279 g/mol. The van der Waals surface area contributed by atoms with Gasteiger partial charge in [0.2, 0.25) is 0 Å². The van der Waals surface area contributed by atoms with Crippen LogP contribution in [0.15, 0.2) is 17.8 Å². The number of carbonyl (C=O) groups excluding carboxylic acids is 1. The van der Waals surface area contributed by atoms with Gasteiger partial charge < -0.3 is 10.5 Å². The normalized spacial score (nSPS) is 18.8. The molecule has 0 atom stereocenters. The summed E-state index contributed by atoms with van der Waals surface area (Å²) in [5, 5.41) is 1.98. The molecule has 0 bridgehead atoms. The van der Waals surface area contributed by atoms with Crippen LogP contribution in [0.2, 0.25) is 0 Å². The van der Waals surface area contributed by atoms with Gasteiger partial charge in [0, 0.05) is 42.9 Å². The van der Waals surface area contributed by atoms with Crippen LogP contribution in [-0.2, 0) is 16.0 Å². The van der Waals surface area contributed by atoms with E-state index in [1.807, 2.05) is 22.2 Å².